The Morgan fingerprint density at radius 3 is 2.34 bits per heavy atom. The summed E-state index contributed by atoms with van der Waals surface area (Å²) < 4.78 is 39.7. The number of carbonyl (C=O) groups is 1. The van der Waals surface area contributed by atoms with E-state index in [9.17, 15) is 18.0 Å². The molecule has 1 aromatic heterocycles. The van der Waals surface area contributed by atoms with E-state index >= 15 is 0 Å². The van der Waals surface area contributed by atoms with Crippen molar-refractivity contribution in [3.63, 3.8) is 0 Å². The average molecular weight is 441 g/mol. The van der Waals surface area contributed by atoms with Gasteiger partial charge in [0.25, 0.3) is 0 Å². The lowest BCUT2D eigenvalue weighted by molar-refractivity contribution is -0.137. The molecule has 152 valence electrons. The van der Waals surface area contributed by atoms with Crippen LogP contribution >= 0.6 is 23.4 Å². The van der Waals surface area contributed by atoms with Crippen molar-refractivity contribution in [2.75, 3.05) is 11.1 Å². The number of rotatable bonds is 6. The molecule has 0 unspecified atom stereocenters. The summed E-state index contributed by atoms with van der Waals surface area (Å²) >= 11 is 7.11. The molecular formula is C19H16ClF3N4OS. The van der Waals surface area contributed by atoms with Crippen LogP contribution in [-0.2, 0) is 17.5 Å². The molecule has 0 fully saturated rings. The molecule has 1 heterocycles. The second-order valence-corrected chi connectivity index (χ2v) is 7.35. The molecule has 29 heavy (non-hydrogen) atoms. The molecule has 1 N–H and O–H groups in total. The summed E-state index contributed by atoms with van der Waals surface area (Å²) in [5.41, 5.74) is 0.378. The lowest BCUT2D eigenvalue weighted by Crippen LogP contribution is -2.15. The van der Waals surface area contributed by atoms with Gasteiger partial charge in [0.2, 0.25) is 5.91 Å². The molecule has 5 nitrogen and oxygen atoms in total. The molecule has 0 aliphatic rings. The fraction of sp³-hybridized carbons (Fsp3) is 0.211. The van der Waals surface area contributed by atoms with Crippen molar-refractivity contribution < 1.29 is 18.0 Å². The highest BCUT2D eigenvalue weighted by Gasteiger charge is 2.30. The first-order valence-corrected chi connectivity index (χ1v) is 9.93. The highest BCUT2D eigenvalue weighted by Crippen LogP contribution is 2.30. The van der Waals surface area contributed by atoms with Crippen molar-refractivity contribution in [3.05, 3.63) is 59.1 Å². The smallest absolute Gasteiger partial charge is 0.325 e. The third-order valence-corrected chi connectivity index (χ3v) is 5.18. The zero-order valence-electron chi connectivity index (χ0n) is 15.2. The number of benzene rings is 2. The van der Waals surface area contributed by atoms with Crippen LogP contribution in [0.1, 0.15) is 12.5 Å². The minimum atomic E-state index is -4.41. The van der Waals surface area contributed by atoms with Crippen LogP contribution in [0.4, 0.5) is 18.9 Å². The topological polar surface area (TPSA) is 59.8 Å². The quantitative estimate of drug-likeness (QED) is 0.523. The standard InChI is InChI=1S/C19H16ClF3N4OS/c1-2-27-17(12-3-7-14(20)8-4-12)25-26-18(27)29-11-16(28)24-15-9-5-13(6-10-15)19(21,22)23/h3-10H,2,11H2,1H3,(H,24,28). The summed E-state index contributed by atoms with van der Waals surface area (Å²) in [5, 5.41) is 12.1. The first-order valence-electron chi connectivity index (χ1n) is 8.57. The predicted octanol–water partition coefficient (Wildman–Crippen LogP) is 5.37. The van der Waals surface area contributed by atoms with Gasteiger partial charge in [0, 0.05) is 22.8 Å². The lowest BCUT2D eigenvalue weighted by Gasteiger charge is -2.09. The SMILES string of the molecule is CCn1c(SCC(=O)Nc2ccc(C(F)(F)F)cc2)nnc1-c1ccc(Cl)cc1. The minimum Gasteiger partial charge on any atom is -0.325 e. The number of carbonyl (C=O) groups excluding carboxylic acids is 1. The number of thioether (sulfide) groups is 1. The number of hydrogen-bond acceptors (Lipinski definition) is 4. The van der Waals surface area contributed by atoms with Gasteiger partial charge in [-0.1, -0.05) is 23.4 Å². The summed E-state index contributed by atoms with van der Waals surface area (Å²) in [5.74, 6) is 0.350. The van der Waals surface area contributed by atoms with Crippen LogP contribution < -0.4 is 5.32 Å². The van der Waals surface area contributed by atoms with Gasteiger partial charge in [-0.05, 0) is 55.5 Å². The van der Waals surface area contributed by atoms with Crippen LogP contribution in [0.25, 0.3) is 11.4 Å². The molecule has 0 bridgehead atoms. The molecule has 3 aromatic rings. The van der Waals surface area contributed by atoms with E-state index in [1.54, 1.807) is 12.1 Å². The fourth-order valence-electron chi connectivity index (χ4n) is 2.56. The molecule has 0 radical (unpaired) electrons. The van der Waals surface area contributed by atoms with Gasteiger partial charge in [-0.3, -0.25) is 4.79 Å². The molecule has 0 aliphatic heterocycles. The summed E-state index contributed by atoms with van der Waals surface area (Å²) in [6.45, 7) is 2.54. The highest BCUT2D eigenvalue weighted by molar-refractivity contribution is 7.99. The maximum Gasteiger partial charge on any atom is 0.416 e. The number of amides is 1. The Hall–Kier alpha value is -2.52. The van der Waals surface area contributed by atoms with E-state index < -0.39 is 11.7 Å². The van der Waals surface area contributed by atoms with E-state index in [-0.39, 0.29) is 11.7 Å². The number of aromatic nitrogens is 3. The van der Waals surface area contributed by atoms with E-state index in [2.05, 4.69) is 15.5 Å². The highest BCUT2D eigenvalue weighted by atomic mass is 35.5. The first-order chi connectivity index (χ1) is 13.8. The predicted molar refractivity (Wildman–Crippen MR) is 107 cm³/mol. The second kappa shape index (κ2) is 8.87. The first kappa shape index (κ1) is 21.2. The van der Waals surface area contributed by atoms with E-state index in [4.69, 9.17) is 11.6 Å². The molecule has 2 aromatic carbocycles. The summed E-state index contributed by atoms with van der Waals surface area (Å²) in [6, 6.07) is 11.5. The normalized spacial score (nSPS) is 11.5. The van der Waals surface area contributed by atoms with Gasteiger partial charge in [0.05, 0.1) is 11.3 Å². The van der Waals surface area contributed by atoms with Crippen molar-refractivity contribution in [2.24, 2.45) is 0 Å². The van der Waals surface area contributed by atoms with Crippen molar-refractivity contribution in [3.8, 4) is 11.4 Å². The third-order valence-electron chi connectivity index (χ3n) is 3.96. The molecule has 1 amide bonds. The Bertz CT molecular complexity index is 988. The Balaban J connectivity index is 1.64. The Labute approximate surface area is 174 Å². The van der Waals surface area contributed by atoms with E-state index in [1.165, 1.54) is 23.9 Å². The molecule has 0 saturated heterocycles. The molecular weight excluding hydrogens is 425 g/mol. The molecule has 0 spiro atoms. The van der Waals surface area contributed by atoms with Crippen molar-refractivity contribution >= 4 is 35.0 Å². The van der Waals surface area contributed by atoms with Crippen LogP contribution in [-0.4, -0.2) is 26.4 Å². The Kier molecular flexibility index (Phi) is 6.49. The van der Waals surface area contributed by atoms with Crippen LogP contribution in [0, 0.1) is 0 Å². The largest absolute Gasteiger partial charge is 0.416 e. The number of nitrogens with zero attached hydrogens (tertiary/aromatic N) is 3. The van der Waals surface area contributed by atoms with Crippen LogP contribution in [0.5, 0.6) is 0 Å². The van der Waals surface area contributed by atoms with Crippen LogP contribution in [0.3, 0.4) is 0 Å². The van der Waals surface area contributed by atoms with Crippen molar-refractivity contribution in [1.82, 2.24) is 14.8 Å². The zero-order valence-corrected chi connectivity index (χ0v) is 16.8. The van der Waals surface area contributed by atoms with Crippen LogP contribution in [0.15, 0.2) is 53.7 Å². The van der Waals surface area contributed by atoms with Crippen molar-refractivity contribution in [1.29, 1.82) is 0 Å². The number of hydrogen-bond donors (Lipinski definition) is 1. The Morgan fingerprint density at radius 1 is 1.10 bits per heavy atom. The van der Waals surface area contributed by atoms with Gasteiger partial charge in [-0.15, -0.1) is 10.2 Å². The van der Waals surface area contributed by atoms with Gasteiger partial charge in [-0.25, -0.2) is 0 Å². The summed E-state index contributed by atoms with van der Waals surface area (Å²) in [7, 11) is 0. The average Bonchev–Trinajstić information content (AvgIpc) is 3.09. The second-order valence-electron chi connectivity index (χ2n) is 5.97. The number of halogens is 4. The summed E-state index contributed by atoms with van der Waals surface area (Å²) in [6.07, 6.45) is -4.41. The minimum absolute atomic E-state index is 0.0414. The molecule has 0 saturated carbocycles. The monoisotopic (exact) mass is 440 g/mol. The van der Waals surface area contributed by atoms with E-state index in [0.29, 0.717) is 28.2 Å². The zero-order chi connectivity index (χ0) is 21.0. The third kappa shape index (κ3) is 5.30. The van der Waals surface area contributed by atoms with Crippen molar-refractivity contribution in [2.45, 2.75) is 24.8 Å². The molecule has 0 aliphatic carbocycles. The van der Waals surface area contributed by atoms with E-state index in [1.807, 2.05) is 23.6 Å². The van der Waals surface area contributed by atoms with Gasteiger partial charge in [-0.2, -0.15) is 13.2 Å². The number of nitrogens with one attached hydrogen (secondary N) is 1. The summed E-state index contributed by atoms with van der Waals surface area (Å²) in [4.78, 5) is 12.2. The van der Waals surface area contributed by atoms with Gasteiger partial charge in [0.15, 0.2) is 11.0 Å². The van der Waals surface area contributed by atoms with Gasteiger partial charge in [0.1, 0.15) is 0 Å². The molecule has 10 heteroatoms. The number of alkyl halides is 3. The van der Waals surface area contributed by atoms with E-state index in [0.717, 1.165) is 17.7 Å². The maximum absolute atomic E-state index is 12.6. The van der Waals surface area contributed by atoms with Gasteiger partial charge >= 0.3 is 6.18 Å². The number of anilines is 1. The molecule has 0 atom stereocenters. The maximum atomic E-state index is 12.6. The van der Waals surface area contributed by atoms with Gasteiger partial charge < -0.3 is 9.88 Å². The Morgan fingerprint density at radius 2 is 1.76 bits per heavy atom. The lowest BCUT2D eigenvalue weighted by atomic mass is 10.2. The fourth-order valence-corrected chi connectivity index (χ4v) is 3.49. The van der Waals surface area contributed by atoms with Crippen LogP contribution in [0.2, 0.25) is 5.02 Å². The molecule has 3 rings (SSSR count).